The van der Waals surface area contributed by atoms with Gasteiger partial charge in [0.15, 0.2) is 5.21 Å². The summed E-state index contributed by atoms with van der Waals surface area (Å²) >= 11 is 4.23. The number of hydrogen-bond acceptors (Lipinski definition) is 1. The molecular weight excluding hydrogens is 120 g/mol. The van der Waals surface area contributed by atoms with Crippen LogP contribution in [0.3, 0.4) is 0 Å². The molecule has 0 saturated heterocycles. The zero-order valence-corrected chi connectivity index (χ0v) is 4.89. The lowest BCUT2D eigenvalue weighted by atomic mass is 11.0. The van der Waals surface area contributed by atoms with E-state index in [0.29, 0.717) is 5.75 Å². The van der Waals surface area contributed by atoms with Gasteiger partial charge in [-0.1, -0.05) is 11.6 Å². The lowest BCUT2D eigenvalue weighted by Gasteiger charge is -1.99. The summed E-state index contributed by atoms with van der Waals surface area (Å²) in [6.07, 6.45) is 0. The highest BCUT2D eigenvalue weighted by molar-refractivity contribution is 7.92. The highest BCUT2D eigenvalue weighted by Gasteiger charge is 1.93. The molecule has 37 valence electrons. The molecule has 0 heterocycles. The fraction of sp³-hybridized carbons (Fsp3) is 0.667. The van der Waals surface area contributed by atoms with Gasteiger partial charge in [-0.15, -0.1) is 0 Å². The summed E-state index contributed by atoms with van der Waals surface area (Å²) in [7, 11) is 0. The molecule has 0 amide bonds. The van der Waals surface area contributed by atoms with E-state index in [0.717, 1.165) is 0 Å². The fourth-order valence-electron chi connectivity index (χ4n) is 0.0546. The van der Waals surface area contributed by atoms with E-state index in [2.05, 4.69) is 6.92 Å². The smallest absolute Gasteiger partial charge is 0.178 e. The molecular formula is C3H6ClOS. The van der Waals surface area contributed by atoms with E-state index in [9.17, 15) is 4.55 Å². The van der Waals surface area contributed by atoms with Crippen molar-refractivity contribution in [2.45, 2.75) is 0 Å². The van der Waals surface area contributed by atoms with Crippen LogP contribution in [0.25, 0.3) is 0 Å². The van der Waals surface area contributed by atoms with Crippen molar-refractivity contribution in [2.75, 3.05) is 11.0 Å². The van der Waals surface area contributed by atoms with Crippen molar-refractivity contribution in [3.63, 3.8) is 0 Å². The molecule has 1 radical (unpaired) electrons. The number of hydrogen-bond donors (Lipinski definition) is 0. The van der Waals surface area contributed by atoms with Crippen LogP contribution < -0.4 is 0 Å². The Morgan fingerprint density at radius 1 is 1.83 bits per heavy atom. The van der Waals surface area contributed by atoms with Gasteiger partial charge in [-0.2, -0.15) is 0 Å². The second-order valence-electron chi connectivity index (χ2n) is 0.753. The van der Waals surface area contributed by atoms with Gasteiger partial charge in [0, 0.05) is 0 Å². The normalized spacial score (nSPS) is 14.5. The predicted octanol–water partition coefficient (Wildman–Crippen LogP) is 0.765. The lowest BCUT2D eigenvalue weighted by molar-refractivity contribution is 0.602. The maximum Gasteiger partial charge on any atom is 0.178 e. The van der Waals surface area contributed by atoms with Gasteiger partial charge in [0.25, 0.3) is 0 Å². The SMILES string of the molecule is [CH2]C[S+]([O-])CCl. The molecule has 0 bridgehead atoms. The van der Waals surface area contributed by atoms with E-state index in [1.54, 1.807) is 0 Å². The van der Waals surface area contributed by atoms with Crippen LogP contribution >= 0.6 is 11.6 Å². The molecule has 1 atom stereocenters. The third kappa shape index (κ3) is 2.82. The van der Waals surface area contributed by atoms with Crippen molar-refractivity contribution in [1.29, 1.82) is 0 Å². The second-order valence-corrected chi connectivity index (χ2v) is 2.91. The Kier molecular flexibility index (Phi) is 4.16. The fourth-order valence-corrected chi connectivity index (χ4v) is 0.491. The van der Waals surface area contributed by atoms with Crippen molar-refractivity contribution < 1.29 is 4.55 Å². The highest BCUT2D eigenvalue weighted by Crippen LogP contribution is 1.89. The van der Waals surface area contributed by atoms with Crippen LogP contribution in [0.1, 0.15) is 0 Å². The molecule has 1 unspecified atom stereocenters. The summed E-state index contributed by atoms with van der Waals surface area (Å²) in [5, 5.41) is 0.212. The third-order valence-corrected chi connectivity index (χ3v) is 1.78. The molecule has 1 nitrogen and oxygen atoms in total. The van der Waals surface area contributed by atoms with Crippen LogP contribution in [-0.4, -0.2) is 15.5 Å². The Hall–Kier alpha value is 0.600. The Bertz CT molecular complexity index is 30.0. The van der Waals surface area contributed by atoms with Crippen molar-refractivity contribution in [1.82, 2.24) is 0 Å². The van der Waals surface area contributed by atoms with Crippen molar-refractivity contribution >= 4 is 22.8 Å². The lowest BCUT2D eigenvalue weighted by Crippen LogP contribution is -2.02. The van der Waals surface area contributed by atoms with E-state index >= 15 is 0 Å². The van der Waals surface area contributed by atoms with Gasteiger partial charge in [0.2, 0.25) is 0 Å². The maximum atomic E-state index is 10.1. The van der Waals surface area contributed by atoms with Crippen LogP contribution in [0, 0.1) is 6.92 Å². The van der Waals surface area contributed by atoms with Gasteiger partial charge in [-0.25, -0.2) is 0 Å². The Morgan fingerprint density at radius 3 is 2.33 bits per heavy atom. The predicted molar refractivity (Wildman–Crippen MR) is 29.1 cm³/mol. The summed E-state index contributed by atoms with van der Waals surface area (Å²) in [6, 6.07) is 0. The molecule has 0 saturated carbocycles. The number of halogens is 1. The van der Waals surface area contributed by atoms with Gasteiger partial charge in [-0.3, -0.25) is 0 Å². The van der Waals surface area contributed by atoms with E-state index < -0.39 is 11.2 Å². The van der Waals surface area contributed by atoms with Crippen LogP contribution in [0.2, 0.25) is 0 Å². The minimum absolute atomic E-state index is 0.212. The summed E-state index contributed by atoms with van der Waals surface area (Å²) in [5.41, 5.74) is 0. The van der Waals surface area contributed by atoms with Gasteiger partial charge < -0.3 is 4.55 Å². The molecule has 0 rings (SSSR count). The van der Waals surface area contributed by atoms with E-state index in [1.165, 1.54) is 0 Å². The van der Waals surface area contributed by atoms with Gasteiger partial charge in [0.1, 0.15) is 5.75 Å². The molecule has 0 aliphatic heterocycles. The van der Waals surface area contributed by atoms with Crippen molar-refractivity contribution in [3.8, 4) is 0 Å². The van der Waals surface area contributed by atoms with E-state index in [4.69, 9.17) is 11.6 Å². The van der Waals surface area contributed by atoms with Gasteiger partial charge in [-0.05, 0) is 18.1 Å². The molecule has 0 aromatic carbocycles. The minimum Gasteiger partial charge on any atom is -0.615 e. The molecule has 0 aliphatic carbocycles. The standard InChI is InChI=1S/C3H6ClOS/c1-2-6(5)3-4/h1-3H2. The average molecular weight is 126 g/mol. The van der Waals surface area contributed by atoms with Crippen molar-refractivity contribution in [3.05, 3.63) is 6.92 Å². The minimum atomic E-state index is -0.880. The Balaban J connectivity index is 2.75. The first-order chi connectivity index (χ1) is 2.81. The van der Waals surface area contributed by atoms with Crippen LogP contribution in [-0.2, 0) is 11.2 Å². The topological polar surface area (TPSA) is 23.1 Å². The molecule has 0 aromatic rings. The first-order valence-electron chi connectivity index (χ1n) is 1.51. The van der Waals surface area contributed by atoms with E-state index in [-0.39, 0.29) is 5.21 Å². The monoisotopic (exact) mass is 125 g/mol. The molecule has 0 aromatic heterocycles. The molecule has 0 fully saturated rings. The Labute approximate surface area is 45.9 Å². The zero-order chi connectivity index (χ0) is 4.99. The third-order valence-electron chi connectivity index (χ3n) is 0.349. The van der Waals surface area contributed by atoms with Gasteiger partial charge in [0.05, 0.1) is 0 Å². The van der Waals surface area contributed by atoms with Crippen LogP contribution in [0.15, 0.2) is 0 Å². The first kappa shape index (κ1) is 6.60. The highest BCUT2D eigenvalue weighted by atomic mass is 35.5. The molecule has 0 spiro atoms. The summed E-state index contributed by atoms with van der Waals surface area (Å²) in [4.78, 5) is 0. The molecule has 6 heavy (non-hydrogen) atoms. The average Bonchev–Trinajstić information content (AvgIpc) is 1.65. The second kappa shape index (κ2) is 3.78. The molecule has 0 aliphatic rings. The molecule has 3 heteroatoms. The quantitative estimate of drug-likeness (QED) is 0.395. The largest absolute Gasteiger partial charge is 0.615 e. The van der Waals surface area contributed by atoms with Crippen LogP contribution in [0.5, 0.6) is 0 Å². The zero-order valence-electron chi connectivity index (χ0n) is 3.32. The number of alkyl halides is 1. The van der Waals surface area contributed by atoms with Gasteiger partial charge >= 0.3 is 0 Å². The summed E-state index contributed by atoms with van der Waals surface area (Å²) < 4.78 is 10.1. The van der Waals surface area contributed by atoms with Crippen LogP contribution in [0.4, 0.5) is 0 Å². The first-order valence-corrected chi connectivity index (χ1v) is 3.53. The summed E-state index contributed by atoms with van der Waals surface area (Å²) in [6.45, 7) is 3.37. The van der Waals surface area contributed by atoms with Crippen molar-refractivity contribution in [2.24, 2.45) is 0 Å². The Morgan fingerprint density at radius 2 is 2.33 bits per heavy atom. The number of rotatable bonds is 2. The maximum absolute atomic E-state index is 10.1. The van der Waals surface area contributed by atoms with E-state index in [1.807, 2.05) is 0 Å². The summed E-state index contributed by atoms with van der Waals surface area (Å²) in [5.74, 6) is 0.420. The molecule has 0 N–H and O–H groups in total.